The molecule has 2 fully saturated rings. The summed E-state index contributed by atoms with van der Waals surface area (Å²) in [5, 5.41) is 16.0. The van der Waals surface area contributed by atoms with Crippen LogP contribution < -0.4 is 44.0 Å². The molecule has 6 atom stereocenters. The Bertz CT molecular complexity index is 4440. The number of esters is 4. The van der Waals surface area contributed by atoms with Crippen LogP contribution in [0, 0.1) is 39.0 Å². The van der Waals surface area contributed by atoms with E-state index in [1.807, 2.05) is 112 Å². The van der Waals surface area contributed by atoms with Gasteiger partial charge in [0.1, 0.15) is 64.8 Å². The average Bonchev–Trinajstić information content (AvgIpc) is 1.67. The van der Waals surface area contributed by atoms with Gasteiger partial charge in [0.05, 0.1) is 6.10 Å². The molecule has 105 heavy (non-hydrogen) atoms. The molecule has 0 bridgehead atoms. The molecular formula is C89H99N3O13. The predicted molar refractivity (Wildman–Crippen MR) is 406 cm³/mol. The number of carbonyl (C=O) groups is 6. The Morgan fingerprint density at radius 2 is 1.03 bits per heavy atom. The van der Waals surface area contributed by atoms with E-state index in [2.05, 4.69) is 86.6 Å². The number of amides is 2. The molecule has 1 saturated heterocycles. The average molecular weight is 1420 g/mol. The van der Waals surface area contributed by atoms with Gasteiger partial charge in [0.2, 0.25) is 0 Å². The maximum Gasteiger partial charge on any atom is 0.412 e. The minimum Gasteiger partial charge on any atom is -0.491 e. The van der Waals surface area contributed by atoms with Crippen molar-refractivity contribution in [1.29, 1.82) is 0 Å². The fraction of sp³-hybridized carbons (Fsp3) is 0.393. The zero-order valence-electron chi connectivity index (χ0n) is 61.9. The molecule has 0 spiro atoms. The van der Waals surface area contributed by atoms with Gasteiger partial charge in [0.15, 0.2) is 0 Å². The first-order valence-corrected chi connectivity index (χ1v) is 37.7. The first kappa shape index (κ1) is 74.7. The van der Waals surface area contributed by atoms with Gasteiger partial charge in [-0.15, -0.1) is 0 Å². The van der Waals surface area contributed by atoms with Crippen molar-refractivity contribution < 1.29 is 62.3 Å². The van der Waals surface area contributed by atoms with Gasteiger partial charge in [-0.3, -0.25) is 24.0 Å². The lowest BCUT2D eigenvalue weighted by Crippen LogP contribution is -2.33. The highest BCUT2D eigenvalue weighted by Gasteiger charge is 2.39. The Morgan fingerprint density at radius 3 is 1.60 bits per heavy atom. The summed E-state index contributed by atoms with van der Waals surface area (Å²) in [5.74, 6) is 1.57. The van der Waals surface area contributed by atoms with Gasteiger partial charge in [-0.2, -0.15) is 0 Å². The molecule has 1 aliphatic carbocycles. The van der Waals surface area contributed by atoms with Crippen molar-refractivity contribution >= 4 is 41.6 Å². The van der Waals surface area contributed by atoms with Crippen molar-refractivity contribution in [2.24, 2.45) is 11.3 Å². The first-order chi connectivity index (χ1) is 50.6. The number of rotatable bonds is 22. The van der Waals surface area contributed by atoms with Crippen LogP contribution in [-0.2, 0) is 19.2 Å². The Hall–Kier alpha value is -10.1. The molecule has 8 aromatic rings. The molecule has 14 rings (SSSR count). The van der Waals surface area contributed by atoms with Gasteiger partial charge in [-0.05, 0) is 196 Å². The van der Waals surface area contributed by atoms with E-state index >= 15 is 0 Å². The van der Waals surface area contributed by atoms with Gasteiger partial charge in [-0.1, -0.05) is 180 Å². The molecule has 548 valence electrons. The number of aryl methyl sites for hydroxylation is 4. The van der Waals surface area contributed by atoms with Crippen molar-refractivity contribution in [1.82, 2.24) is 10.6 Å². The minimum absolute atomic E-state index is 0.0924. The number of hydrogen-bond acceptors (Lipinski definition) is 14. The molecule has 6 unspecified atom stereocenters. The Balaban J connectivity index is 0.000000160. The summed E-state index contributed by atoms with van der Waals surface area (Å²) in [6.07, 6.45) is 14.8. The lowest BCUT2D eigenvalue weighted by atomic mass is 9.80. The molecule has 5 heterocycles. The molecule has 0 radical (unpaired) electrons. The summed E-state index contributed by atoms with van der Waals surface area (Å²) in [4.78, 5) is 78.1. The Morgan fingerprint density at radius 1 is 0.543 bits per heavy atom. The molecule has 5 aliphatic heterocycles. The van der Waals surface area contributed by atoms with Crippen LogP contribution in [0.1, 0.15) is 230 Å². The van der Waals surface area contributed by atoms with Crippen LogP contribution in [-0.4, -0.2) is 79.9 Å². The number of nitrogens with zero attached hydrogens (tertiary/aromatic N) is 1. The standard InChI is InChI=1S/C41H42N2O7.C28H36O4.C20H21NO2/c1-24-6-16-33-31(20-24)35(38(45)49-33)27-8-10-29(11-9-27)37(44)42-19-18-41(4,5)22-26(3)23-43-40(47)48-30-14-12-28(13-15-30)36-32-21-25(2)7-17-34(32)50-39(36)46;1-3-4-6-11-23(29)18-31-25-14-13-22(16-19(25)2)27-24-17-21(20-9-7-5-8-10-20)12-15-26(24)32-28(27)30;1-14-5-7-15(8-6-14)19-17-13-16(21-11-3-2-4-12-21)9-10-18(17)23-20(19)22/h6-17,20-21,26,35-36H,18-19,22-23H2,1-5H3,(H,42,44)(H,43,47);12-17,20,23,27,29H,3-11,18H2,1-2H3;5-10,13,19H,2-4,11-12H2,1H3. The first-order valence-electron chi connectivity index (χ1n) is 37.7. The molecule has 3 N–H and O–H groups in total. The van der Waals surface area contributed by atoms with E-state index in [0.717, 1.165) is 119 Å². The molecule has 1 saturated carbocycles. The number of carbonyl (C=O) groups excluding carboxylic acids is 6. The second-order valence-electron chi connectivity index (χ2n) is 30.2. The van der Waals surface area contributed by atoms with E-state index in [9.17, 15) is 33.9 Å². The van der Waals surface area contributed by atoms with Gasteiger partial charge >= 0.3 is 30.0 Å². The van der Waals surface area contributed by atoms with E-state index in [-0.39, 0.29) is 53.0 Å². The summed E-state index contributed by atoms with van der Waals surface area (Å²) in [7, 11) is 0. The number of aliphatic hydroxyl groups is 1. The van der Waals surface area contributed by atoms with Crippen molar-refractivity contribution in [3.8, 4) is 34.5 Å². The summed E-state index contributed by atoms with van der Waals surface area (Å²) < 4.78 is 33.3. The van der Waals surface area contributed by atoms with Gasteiger partial charge in [-0.25, -0.2) is 4.79 Å². The molecule has 6 aliphatic rings. The largest absolute Gasteiger partial charge is 0.491 e. The smallest absolute Gasteiger partial charge is 0.412 e. The predicted octanol–water partition coefficient (Wildman–Crippen LogP) is 17.8. The number of fused-ring (bicyclic) bond motifs is 4. The van der Waals surface area contributed by atoms with E-state index in [0.29, 0.717) is 59.9 Å². The number of piperidine rings is 1. The molecule has 16 heteroatoms. The minimum atomic E-state index is -0.550. The van der Waals surface area contributed by atoms with E-state index in [1.165, 1.54) is 68.2 Å². The third-order valence-electron chi connectivity index (χ3n) is 21.2. The third kappa shape index (κ3) is 18.4. The normalized spacial score (nSPS) is 18.4. The van der Waals surface area contributed by atoms with Crippen LogP contribution in [0.4, 0.5) is 10.5 Å². The summed E-state index contributed by atoms with van der Waals surface area (Å²) in [5.41, 5.74) is 14.4. The number of hydrogen-bond donors (Lipinski definition) is 3. The monoisotopic (exact) mass is 1420 g/mol. The van der Waals surface area contributed by atoms with Crippen LogP contribution in [0.5, 0.6) is 34.5 Å². The number of ether oxygens (including phenoxy) is 6. The highest BCUT2D eigenvalue weighted by molar-refractivity contribution is 5.95. The number of aliphatic hydroxyl groups excluding tert-OH is 1. The maximum atomic E-state index is 12.9. The fourth-order valence-electron chi connectivity index (χ4n) is 15.6. The number of anilines is 1. The van der Waals surface area contributed by atoms with Crippen LogP contribution in [0.2, 0.25) is 0 Å². The molecule has 16 nitrogen and oxygen atoms in total. The van der Waals surface area contributed by atoms with Crippen molar-refractivity contribution in [2.75, 3.05) is 37.7 Å². The van der Waals surface area contributed by atoms with Crippen LogP contribution >= 0.6 is 0 Å². The summed E-state index contributed by atoms with van der Waals surface area (Å²) in [6, 6.07) is 51.9. The van der Waals surface area contributed by atoms with Crippen molar-refractivity contribution in [2.45, 2.75) is 181 Å². The zero-order valence-corrected chi connectivity index (χ0v) is 61.9. The third-order valence-corrected chi connectivity index (χ3v) is 21.2. The van der Waals surface area contributed by atoms with E-state index < -0.39 is 24.0 Å². The fourth-order valence-corrected chi connectivity index (χ4v) is 15.6. The van der Waals surface area contributed by atoms with E-state index in [4.69, 9.17) is 28.4 Å². The van der Waals surface area contributed by atoms with Crippen LogP contribution in [0.15, 0.2) is 164 Å². The second-order valence-corrected chi connectivity index (χ2v) is 30.2. The molecule has 2 amide bonds. The van der Waals surface area contributed by atoms with Crippen LogP contribution in [0.25, 0.3) is 0 Å². The van der Waals surface area contributed by atoms with Gasteiger partial charge in [0, 0.05) is 59.7 Å². The van der Waals surface area contributed by atoms with Crippen molar-refractivity contribution in [3.63, 3.8) is 0 Å². The summed E-state index contributed by atoms with van der Waals surface area (Å²) >= 11 is 0. The maximum absolute atomic E-state index is 12.9. The summed E-state index contributed by atoms with van der Waals surface area (Å²) in [6.45, 7) is 19.9. The molecule has 8 aromatic carbocycles. The molecule has 0 aromatic heterocycles. The van der Waals surface area contributed by atoms with Gasteiger partial charge in [0.25, 0.3) is 5.91 Å². The second kappa shape index (κ2) is 33.8. The lowest BCUT2D eigenvalue weighted by molar-refractivity contribution is -0.134. The Labute approximate surface area is 617 Å². The molecular weight excluding hydrogens is 1320 g/mol. The number of benzene rings is 8. The van der Waals surface area contributed by atoms with E-state index in [1.54, 1.807) is 36.4 Å². The van der Waals surface area contributed by atoms with Crippen molar-refractivity contribution in [3.05, 3.63) is 242 Å². The quantitative estimate of drug-likeness (QED) is 0.0328. The van der Waals surface area contributed by atoms with Gasteiger partial charge < -0.3 is 49.1 Å². The lowest BCUT2D eigenvalue weighted by Gasteiger charge is -2.29. The number of unbranched alkanes of at least 4 members (excludes halogenated alkanes) is 2. The highest BCUT2D eigenvalue weighted by Crippen LogP contribution is 2.46. The number of nitrogens with one attached hydrogen (secondary N) is 2. The zero-order chi connectivity index (χ0) is 73.9. The Kier molecular flexibility index (Phi) is 24.0. The van der Waals surface area contributed by atoms with Crippen LogP contribution in [0.3, 0.4) is 0 Å². The topological polar surface area (TPSA) is 205 Å². The highest BCUT2D eigenvalue weighted by atomic mass is 16.6. The SMILES string of the molecule is CCCCCC(O)COc1ccc(C2C(=O)Oc3ccc(C4CCCCC4)cc32)cc1C.Cc1ccc(C2C(=O)Oc3ccc(N4CCCCC4)cc32)cc1.Cc1ccc2c(c1)C(c1ccc(OC(=O)NCC(C)CC(C)(C)CCNC(=O)c3ccc(C4C(=O)Oc5ccc(C)cc54)cc3)cc1)C(=O)O2.